The lowest BCUT2D eigenvalue weighted by Gasteiger charge is -2.04. The molecule has 1 nitrogen and oxygen atoms in total. The van der Waals surface area contributed by atoms with Gasteiger partial charge in [-0.3, -0.25) is 0 Å². The maximum absolute atomic E-state index is 6.01. The quantitative estimate of drug-likeness (QED) is 0.607. The summed E-state index contributed by atoms with van der Waals surface area (Å²) in [5.74, 6) is 0. The van der Waals surface area contributed by atoms with E-state index < -0.39 is 0 Å². The van der Waals surface area contributed by atoms with E-state index in [0.29, 0.717) is 10.0 Å². The molecule has 0 saturated carbocycles. The van der Waals surface area contributed by atoms with Gasteiger partial charge in [-0.2, -0.15) is 0 Å². The predicted molar refractivity (Wildman–Crippen MR) is 76.0 cm³/mol. The van der Waals surface area contributed by atoms with Crippen molar-refractivity contribution in [2.75, 3.05) is 0 Å². The molecule has 0 aliphatic heterocycles. The summed E-state index contributed by atoms with van der Waals surface area (Å²) in [7, 11) is 0. The Morgan fingerprint density at radius 3 is 2.61 bits per heavy atom. The van der Waals surface area contributed by atoms with Crippen LogP contribution in [-0.2, 0) is 0 Å². The molecule has 2 aromatic carbocycles. The van der Waals surface area contributed by atoms with Crippen LogP contribution in [0.4, 0.5) is 0 Å². The standard InChI is InChI=1S/C15H8Cl2N/c16-12-7-5-11(9-13(12)17)15-8-6-10-3-1-2-4-14(10)18-15/h1-5,7-9H. The average Bonchev–Trinajstić information content (AvgIpc) is 2.41. The molecule has 0 fully saturated rings. The predicted octanol–water partition coefficient (Wildman–Crippen LogP) is 5.01. The maximum Gasteiger partial charge on any atom is 0.0716 e. The summed E-state index contributed by atoms with van der Waals surface area (Å²) < 4.78 is 0. The Morgan fingerprint density at radius 1 is 0.944 bits per heavy atom. The van der Waals surface area contributed by atoms with Crippen molar-refractivity contribution < 1.29 is 0 Å². The number of halogens is 2. The zero-order valence-electron chi connectivity index (χ0n) is 9.32. The van der Waals surface area contributed by atoms with E-state index in [9.17, 15) is 0 Å². The van der Waals surface area contributed by atoms with Crippen LogP contribution >= 0.6 is 23.2 Å². The molecule has 0 saturated heterocycles. The molecule has 1 aromatic heterocycles. The second kappa shape index (κ2) is 4.60. The topological polar surface area (TPSA) is 12.9 Å². The molecule has 1 heterocycles. The van der Waals surface area contributed by atoms with Gasteiger partial charge in [-0.25, -0.2) is 4.98 Å². The number of aromatic nitrogens is 1. The van der Waals surface area contributed by atoms with Crippen molar-refractivity contribution in [2.24, 2.45) is 0 Å². The van der Waals surface area contributed by atoms with E-state index in [1.807, 2.05) is 42.5 Å². The van der Waals surface area contributed by atoms with Gasteiger partial charge in [-0.05, 0) is 30.3 Å². The van der Waals surface area contributed by atoms with E-state index in [2.05, 4.69) is 11.1 Å². The van der Waals surface area contributed by atoms with Gasteiger partial charge in [0.1, 0.15) is 0 Å². The lowest BCUT2D eigenvalue weighted by Crippen LogP contribution is -1.85. The molecular formula is C15H8Cl2N. The number of fused-ring (bicyclic) bond motifs is 1. The van der Waals surface area contributed by atoms with E-state index in [1.54, 1.807) is 6.07 Å². The number of nitrogens with zero attached hydrogens (tertiary/aromatic N) is 1. The lowest BCUT2D eigenvalue weighted by atomic mass is 10.1. The molecule has 3 aromatic rings. The maximum atomic E-state index is 6.01. The number of para-hydroxylation sites is 1. The summed E-state index contributed by atoms with van der Waals surface area (Å²) in [6.45, 7) is 0. The van der Waals surface area contributed by atoms with Gasteiger partial charge in [-0.15, -0.1) is 0 Å². The Balaban J connectivity index is 2.16. The minimum atomic E-state index is 0.532. The first kappa shape index (κ1) is 11.5. The Hall–Kier alpha value is -1.57. The Bertz CT molecular complexity index is 723. The molecule has 3 heteroatoms. The molecule has 0 atom stereocenters. The highest BCUT2D eigenvalue weighted by atomic mass is 35.5. The summed E-state index contributed by atoms with van der Waals surface area (Å²) in [4.78, 5) is 4.58. The smallest absolute Gasteiger partial charge is 0.0716 e. The Morgan fingerprint density at radius 2 is 1.78 bits per heavy atom. The fourth-order valence-corrected chi connectivity index (χ4v) is 2.10. The summed E-state index contributed by atoms with van der Waals surface area (Å²) in [5.41, 5.74) is 2.69. The van der Waals surface area contributed by atoms with Crippen molar-refractivity contribution in [3.63, 3.8) is 0 Å². The van der Waals surface area contributed by atoms with E-state index in [1.165, 1.54) is 0 Å². The van der Waals surface area contributed by atoms with Gasteiger partial charge in [0, 0.05) is 10.9 Å². The fraction of sp³-hybridized carbons (Fsp3) is 0. The van der Waals surface area contributed by atoms with Crippen molar-refractivity contribution >= 4 is 34.1 Å². The van der Waals surface area contributed by atoms with Gasteiger partial charge < -0.3 is 0 Å². The fourth-order valence-electron chi connectivity index (χ4n) is 1.80. The summed E-state index contributed by atoms with van der Waals surface area (Å²) in [5, 5.41) is 2.08. The highest BCUT2D eigenvalue weighted by molar-refractivity contribution is 6.42. The molecule has 1 radical (unpaired) electrons. The van der Waals surface area contributed by atoms with Crippen LogP contribution in [0.15, 0.2) is 48.5 Å². The highest BCUT2D eigenvalue weighted by Crippen LogP contribution is 2.28. The van der Waals surface area contributed by atoms with Gasteiger partial charge in [0.25, 0.3) is 0 Å². The molecule has 0 aliphatic rings. The van der Waals surface area contributed by atoms with Gasteiger partial charge in [-0.1, -0.05) is 47.5 Å². The van der Waals surface area contributed by atoms with E-state index >= 15 is 0 Å². The summed E-state index contributed by atoms with van der Waals surface area (Å²) in [6, 6.07) is 18.5. The van der Waals surface area contributed by atoms with Gasteiger partial charge in [0.05, 0.1) is 21.3 Å². The minimum absolute atomic E-state index is 0.532. The number of hydrogen-bond donors (Lipinski definition) is 0. The molecule has 18 heavy (non-hydrogen) atoms. The van der Waals surface area contributed by atoms with Gasteiger partial charge >= 0.3 is 0 Å². The number of rotatable bonds is 1. The summed E-state index contributed by atoms with van der Waals surface area (Å²) >= 11 is 11.9. The van der Waals surface area contributed by atoms with Crippen LogP contribution in [0.1, 0.15) is 0 Å². The zero-order valence-corrected chi connectivity index (χ0v) is 10.8. The van der Waals surface area contributed by atoms with Crippen molar-refractivity contribution in [3.8, 4) is 11.3 Å². The molecule has 3 rings (SSSR count). The van der Waals surface area contributed by atoms with Crippen molar-refractivity contribution in [2.45, 2.75) is 0 Å². The third-order valence-corrected chi connectivity index (χ3v) is 3.46. The highest BCUT2D eigenvalue weighted by Gasteiger charge is 2.04. The molecule has 0 amide bonds. The molecule has 87 valence electrons. The Labute approximate surface area is 115 Å². The van der Waals surface area contributed by atoms with Gasteiger partial charge in [0.15, 0.2) is 0 Å². The average molecular weight is 273 g/mol. The third-order valence-electron chi connectivity index (χ3n) is 2.72. The third kappa shape index (κ3) is 2.07. The van der Waals surface area contributed by atoms with Crippen LogP contribution in [0.2, 0.25) is 10.0 Å². The first-order chi connectivity index (χ1) is 8.74. The van der Waals surface area contributed by atoms with Crippen molar-refractivity contribution in [3.05, 3.63) is 64.6 Å². The normalized spacial score (nSPS) is 10.8. The second-order valence-electron chi connectivity index (χ2n) is 3.93. The Kier molecular flexibility index (Phi) is 2.94. The van der Waals surface area contributed by atoms with Crippen LogP contribution in [0, 0.1) is 6.07 Å². The van der Waals surface area contributed by atoms with Crippen LogP contribution in [0.3, 0.4) is 0 Å². The van der Waals surface area contributed by atoms with E-state index in [4.69, 9.17) is 23.2 Å². The second-order valence-corrected chi connectivity index (χ2v) is 4.75. The molecular weight excluding hydrogens is 265 g/mol. The molecule has 0 N–H and O–H groups in total. The number of benzene rings is 2. The first-order valence-corrected chi connectivity index (χ1v) is 6.22. The monoisotopic (exact) mass is 272 g/mol. The van der Waals surface area contributed by atoms with Crippen molar-refractivity contribution in [1.29, 1.82) is 0 Å². The van der Waals surface area contributed by atoms with Gasteiger partial charge in [0.2, 0.25) is 0 Å². The van der Waals surface area contributed by atoms with E-state index in [-0.39, 0.29) is 0 Å². The van der Waals surface area contributed by atoms with Crippen LogP contribution in [-0.4, -0.2) is 4.98 Å². The summed E-state index contributed by atoms with van der Waals surface area (Å²) in [6.07, 6.45) is 0. The zero-order chi connectivity index (χ0) is 12.5. The minimum Gasteiger partial charge on any atom is -0.248 e. The molecule has 0 unspecified atom stereocenters. The largest absolute Gasteiger partial charge is 0.248 e. The SMILES string of the molecule is Clc1ccc(-c2c[c]c3ccccc3n2)cc1Cl. The van der Waals surface area contributed by atoms with Crippen LogP contribution < -0.4 is 0 Å². The molecule has 0 bridgehead atoms. The molecule has 0 spiro atoms. The first-order valence-electron chi connectivity index (χ1n) is 5.47. The van der Waals surface area contributed by atoms with Crippen LogP contribution in [0.25, 0.3) is 22.2 Å². The number of hydrogen-bond acceptors (Lipinski definition) is 1. The van der Waals surface area contributed by atoms with E-state index in [0.717, 1.165) is 22.2 Å². The molecule has 0 aliphatic carbocycles. The lowest BCUT2D eigenvalue weighted by molar-refractivity contribution is 1.40. The van der Waals surface area contributed by atoms with Crippen LogP contribution in [0.5, 0.6) is 0 Å². The van der Waals surface area contributed by atoms with Crippen molar-refractivity contribution in [1.82, 2.24) is 4.98 Å². The number of pyridine rings is 1.